The summed E-state index contributed by atoms with van der Waals surface area (Å²) in [6.07, 6.45) is 2.84. The van der Waals surface area contributed by atoms with Crippen LogP contribution in [0.15, 0.2) is 22.0 Å². The Balaban J connectivity index is 1.91. The number of nitrogens with zero attached hydrogens (tertiary/aromatic N) is 2. The molecular formula is C13H15BrClN3S. The molecule has 2 rings (SSSR count). The molecule has 3 nitrogen and oxygen atoms in total. The lowest BCUT2D eigenvalue weighted by Gasteiger charge is -2.07. The average Bonchev–Trinajstić information content (AvgIpc) is 2.75. The third-order valence-corrected chi connectivity index (χ3v) is 4.40. The fourth-order valence-corrected chi connectivity index (χ4v) is 3.37. The third-order valence-electron chi connectivity index (χ3n) is 2.52. The number of hydrogen-bond donors (Lipinski definition) is 1. The number of halogens is 2. The fourth-order valence-electron chi connectivity index (χ4n) is 1.69. The van der Waals surface area contributed by atoms with Crippen LogP contribution in [0.5, 0.6) is 0 Å². The first-order chi connectivity index (χ1) is 9.17. The first-order valence-electron chi connectivity index (χ1n) is 6.19. The average molecular weight is 361 g/mol. The molecule has 0 bridgehead atoms. The second kappa shape index (κ2) is 7.22. The number of rotatable bonds is 6. The summed E-state index contributed by atoms with van der Waals surface area (Å²) in [5, 5.41) is 3.80. The highest BCUT2D eigenvalue weighted by Crippen LogP contribution is 2.22. The maximum Gasteiger partial charge on any atom is 0.134 e. The van der Waals surface area contributed by atoms with Crippen LogP contribution in [0.25, 0.3) is 0 Å². The number of anilines is 1. The normalized spacial score (nSPS) is 10.7. The summed E-state index contributed by atoms with van der Waals surface area (Å²) in [6.45, 7) is 2.94. The highest BCUT2D eigenvalue weighted by molar-refractivity contribution is 9.11. The topological polar surface area (TPSA) is 37.8 Å². The van der Waals surface area contributed by atoms with Crippen molar-refractivity contribution in [2.75, 3.05) is 11.9 Å². The molecule has 0 spiro atoms. The van der Waals surface area contributed by atoms with Gasteiger partial charge in [0.2, 0.25) is 0 Å². The van der Waals surface area contributed by atoms with Crippen molar-refractivity contribution in [3.05, 3.63) is 37.8 Å². The van der Waals surface area contributed by atoms with E-state index in [1.165, 1.54) is 4.88 Å². The van der Waals surface area contributed by atoms with Crippen LogP contribution in [0, 0.1) is 0 Å². The highest BCUT2D eigenvalue weighted by atomic mass is 79.9. The Hall–Kier alpha value is -0.650. The van der Waals surface area contributed by atoms with Crippen molar-refractivity contribution in [2.24, 2.45) is 0 Å². The van der Waals surface area contributed by atoms with Crippen LogP contribution in [0.1, 0.15) is 24.0 Å². The van der Waals surface area contributed by atoms with Crippen molar-refractivity contribution in [3.8, 4) is 0 Å². The summed E-state index contributed by atoms with van der Waals surface area (Å²) in [7, 11) is 0. The maximum absolute atomic E-state index is 5.99. The molecule has 1 N–H and O–H groups in total. The van der Waals surface area contributed by atoms with E-state index in [0.29, 0.717) is 5.15 Å². The van der Waals surface area contributed by atoms with Crippen LogP contribution in [0.2, 0.25) is 5.15 Å². The van der Waals surface area contributed by atoms with Gasteiger partial charge in [-0.3, -0.25) is 0 Å². The van der Waals surface area contributed by atoms with E-state index in [9.17, 15) is 0 Å². The van der Waals surface area contributed by atoms with Gasteiger partial charge in [-0.05, 0) is 40.9 Å². The summed E-state index contributed by atoms with van der Waals surface area (Å²) < 4.78 is 1.16. The van der Waals surface area contributed by atoms with Gasteiger partial charge in [-0.2, -0.15) is 0 Å². The zero-order chi connectivity index (χ0) is 13.7. The van der Waals surface area contributed by atoms with Gasteiger partial charge in [-0.25, -0.2) is 9.97 Å². The van der Waals surface area contributed by atoms with Gasteiger partial charge in [0, 0.05) is 23.9 Å². The van der Waals surface area contributed by atoms with Gasteiger partial charge in [-0.15, -0.1) is 11.3 Å². The Morgan fingerprint density at radius 2 is 2.16 bits per heavy atom. The predicted octanol–water partition coefficient (Wildman–Crippen LogP) is 4.56. The Kier molecular flexibility index (Phi) is 5.60. The van der Waals surface area contributed by atoms with Crippen molar-refractivity contribution in [1.29, 1.82) is 0 Å². The van der Waals surface area contributed by atoms with Crippen LogP contribution in [0.3, 0.4) is 0 Å². The lowest BCUT2D eigenvalue weighted by atomic mass is 10.3. The van der Waals surface area contributed by atoms with Crippen molar-refractivity contribution in [2.45, 2.75) is 26.2 Å². The molecule has 0 aromatic carbocycles. The molecule has 2 heterocycles. The van der Waals surface area contributed by atoms with E-state index < -0.39 is 0 Å². The van der Waals surface area contributed by atoms with E-state index in [0.717, 1.165) is 41.2 Å². The molecule has 0 aliphatic heterocycles. The minimum Gasteiger partial charge on any atom is -0.370 e. The minimum absolute atomic E-state index is 0.500. The van der Waals surface area contributed by atoms with Gasteiger partial charge in [0.15, 0.2) is 0 Å². The minimum atomic E-state index is 0.500. The van der Waals surface area contributed by atoms with E-state index >= 15 is 0 Å². The van der Waals surface area contributed by atoms with Gasteiger partial charge >= 0.3 is 0 Å². The zero-order valence-corrected chi connectivity index (χ0v) is 13.8. The van der Waals surface area contributed by atoms with Gasteiger partial charge in [-0.1, -0.05) is 18.5 Å². The zero-order valence-electron chi connectivity index (χ0n) is 10.6. The molecule has 0 aliphatic carbocycles. The smallest absolute Gasteiger partial charge is 0.134 e. The molecule has 0 amide bonds. The first-order valence-corrected chi connectivity index (χ1v) is 8.17. The second-order valence-electron chi connectivity index (χ2n) is 4.12. The van der Waals surface area contributed by atoms with Crippen molar-refractivity contribution in [1.82, 2.24) is 9.97 Å². The van der Waals surface area contributed by atoms with Crippen LogP contribution >= 0.6 is 38.9 Å². The molecule has 0 saturated carbocycles. The standard InChI is InChI=1S/C13H15BrClN3S/c1-2-3-12-17-11(15)8-13(18-12)16-7-6-9-4-5-10(14)19-9/h4-5,8H,2-3,6-7H2,1H3,(H,16,17,18). The van der Waals surface area contributed by atoms with E-state index in [2.05, 4.69) is 50.3 Å². The Morgan fingerprint density at radius 1 is 1.32 bits per heavy atom. The van der Waals surface area contributed by atoms with E-state index in [4.69, 9.17) is 11.6 Å². The number of thiophene rings is 1. The molecule has 102 valence electrons. The Labute approximate surface area is 130 Å². The van der Waals surface area contributed by atoms with Crippen molar-refractivity contribution < 1.29 is 0 Å². The molecular weight excluding hydrogens is 346 g/mol. The van der Waals surface area contributed by atoms with Gasteiger partial charge < -0.3 is 5.32 Å². The summed E-state index contributed by atoms with van der Waals surface area (Å²) in [4.78, 5) is 9.99. The molecule has 0 fully saturated rings. The Morgan fingerprint density at radius 3 is 2.84 bits per heavy atom. The number of nitrogens with one attached hydrogen (secondary N) is 1. The molecule has 0 radical (unpaired) electrons. The number of aryl methyl sites for hydroxylation is 1. The predicted molar refractivity (Wildman–Crippen MR) is 85.2 cm³/mol. The molecule has 19 heavy (non-hydrogen) atoms. The maximum atomic E-state index is 5.99. The van der Waals surface area contributed by atoms with Gasteiger partial charge in [0.1, 0.15) is 16.8 Å². The van der Waals surface area contributed by atoms with Crippen molar-refractivity contribution in [3.63, 3.8) is 0 Å². The van der Waals surface area contributed by atoms with E-state index in [1.807, 2.05) is 0 Å². The summed E-state index contributed by atoms with van der Waals surface area (Å²) in [6, 6.07) is 5.97. The monoisotopic (exact) mass is 359 g/mol. The summed E-state index contributed by atoms with van der Waals surface area (Å²) in [5.74, 6) is 1.61. The Bertz CT molecular complexity index is 544. The van der Waals surface area contributed by atoms with Crippen LogP contribution in [0.4, 0.5) is 5.82 Å². The summed E-state index contributed by atoms with van der Waals surface area (Å²) in [5.41, 5.74) is 0. The first kappa shape index (κ1) is 14.8. The highest BCUT2D eigenvalue weighted by Gasteiger charge is 2.03. The van der Waals surface area contributed by atoms with Gasteiger partial charge in [0.25, 0.3) is 0 Å². The SMILES string of the molecule is CCCc1nc(Cl)cc(NCCc2ccc(Br)s2)n1. The molecule has 0 saturated heterocycles. The second-order valence-corrected chi connectivity index (χ2v) is 7.06. The number of aromatic nitrogens is 2. The fraction of sp³-hybridized carbons (Fsp3) is 0.385. The molecule has 2 aromatic heterocycles. The molecule has 0 atom stereocenters. The quantitative estimate of drug-likeness (QED) is 0.767. The van der Waals surface area contributed by atoms with Crippen LogP contribution < -0.4 is 5.32 Å². The van der Waals surface area contributed by atoms with Crippen LogP contribution in [-0.2, 0) is 12.8 Å². The molecule has 2 aromatic rings. The lowest BCUT2D eigenvalue weighted by molar-refractivity contribution is 0.833. The largest absolute Gasteiger partial charge is 0.370 e. The molecule has 0 aliphatic rings. The third kappa shape index (κ3) is 4.75. The van der Waals surface area contributed by atoms with E-state index in [1.54, 1.807) is 17.4 Å². The summed E-state index contributed by atoms with van der Waals surface area (Å²) >= 11 is 11.2. The van der Waals surface area contributed by atoms with Crippen LogP contribution in [-0.4, -0.2) is 16.5 Å². The van der Waals surface area contributed by atoms with Gasteiger partial charge in [0.05, 0.1) is 3.79 Å². The van der Waals surface area contributed by atoms with E-state index in [-0.39, 0.29) is 0 Å². The number of hydrogen-bond acceptors (Lipinski definition) is 4. The lowest BCUT2D eigenvalue weighted by Crippen LogP contribution is -2.07. The van der Waals surface area contributed by atoms with Crippen molar-refractivity contribution >= 4 is 44.7 Å². The molecule has 6 heteroatoms. The molecule has 0 unspecified atom stereocenters.